The molecule has 1 aromatic heterocycles. The Morgan fingerprint density at radius 3 is 2.74 bits per heavy atom. The lowest BCUT2D eigenvalue weighted by molar-refractivity contribution is -0.0105. The van der Waals surface area contributed by atoms with E-state index in [1.165, 1.54) is 16.8 Å². The first-order valence-electron chi connectivity index (χ1n) is 9.99. The average Bonchev–Trinajstić information content (AvgIpc) is 3.15. The standard InChI is InChI=1S/C21H33N5O/c1-22-10-13-25(2)16-19-15-23-24-21(19)18-8-11-26(12-9-18)20(27)14-17-6-4-3-5-7-17/h3-7,15,18,20,22,27H,8-14,16H2,1-2H3,(H,23,24). The summed E-state index contributed by atoms with van der Waals surface area (Å²) >= 11 is 0. The molecule has 0 saturated carbocycles. The van der Waals surface area contributed by atoms with Crippen LogP contribution in [0.4, 0.5) is 0 Å². The van der Waals surface area contributed by atoms with Gasteiger partial charge in [0.15, 0.2) is 0 Å². The molecule has 0 bridgehead atoms. The minimum absolute atomic E-state index is 0.403. The number of hydrogen-bond donors (Lipinski definition) is 3. The molecular formula is C21H33N5O. The van der Waals surface area contributed by atoms with Crippen molar-refractivity contribution in [1.82, 2.24) is 25.3 Å². The number of piperidine rings is 1. The van der Waals surface area contributed by atoms with Gasteiger partial charge in [0.05, 0.1) is 5.69 Å². The fourth-order valence-corrected chi connectivity index (χ4v) is 3.90. The Bertz CT molecular complexity index is 666. The SMILES string of the molecule is CNCCN(C)Cc1c[nH]nc1C1CCN(C(O)Cc2ccccc2)CC1. The molecule has 0 amide bonds. The largest absolute Gasteiger partial charge is 0.378 e. The van der Waals surface area contributed by atoms with Gasteiger partial charge in [-0.15, -0.1) is 0 Å². The highest BCUT2D eigenvalue weighted by Gasteiger charge is 2.27. The van der Waals surface area contributed by atoms with Gasteiger partial charge in [-0.2, -0.15) is 5.10 Å². The van der Waals surface area contributed by atoms with Crippen molar-refractivity contribution in [1.29, 1.82) is 0 Å². The molecule has 27 heavy (non-hydrogen) atoms. The Balaban J connectivity index is 1.51. The molecule has 1 atom stereocenters. The summed E-state index contributed by atoms with van der Waals surface area (Å²) in [4.78, 5) is 4.53. The van der Waals surface area contributed by atoms with Crippen molar-refractivity contribution in [2.24, 2.45) is 0 Å². The van der Waals surface area contributed by atoms with Gasteiger partial charge in [0.2, 0.25) is 0 Å². The van der Waals surface area contributed by atoms with Gasteiger partial charge in [-0.3, -0.25) is 10.00 Å². The van der Waals surface area contributed by atoms with Gasteiger partial charge < -0.3 is 15.3 Å². The number of aliphatic hydroxyl groups excluding tert-OH is 1. The quantitative estimate of drug-likeness (QED) is 0.627. The first-order chi connectivity index (χ1) is 13.2. The molecule has 1 aliphatic rings. The number of likely N-dealkylation sites (N-methyl/N-ethyl adjacent to an activating group) is 2. The van der Waals surface area contributed by atoms with E-state index in [1.807, 2.05) is 31.4 Å². The Morgan fingerprint density at radius 2 is 2.04 bits per heavy atom. The second-order valence-electron chi connectivity index (χ2n) is 7.62. The van der Waals surface area contributed by atoms with Crippen LogP contribution in [0, 0.1) is 0 Å². The molecule has 6 nitrogen and oxygen atoms in total. The second-order valence-corrected chi connectivity index (χ2v) is 7.62. The molecule has 6 heteroatoms. The van der Waals surface area contributed by atoms with Crippen molar-refractivity contribution < 1.29 is 5.11 Å². The monoisotopic (exact) mass is 371 g/mol. The maximum atomic E-state index is 10.6. The molecule has 1 aliphatic heterocycles. The number of aromatic amines is 1. The van der Waals surface area contributed by atoms with Gasteiger partial charge in [0.1, 0.15) is 6.23 Å². The Morgan fingerprint density at radius 1 is 1.30 bits per heavy atom. The number of benzene rings is 1. The maximum absolute atomic E-state index is 10.6. The number of rotatable bonds is 9. The van der Waals surface area contributed by atoms with E-state index in [9.17, 15) is 5.11 Å². The lowest BCUT2D eigenvalue weighted by Gasteiger charge is -2.35. The van der Waals surface area contributed by atoms with Crippen molar-refractivity contribution >= 4 is 0 Å². The molecular weight excluding hydrogens is 338 g/mol. The number of nitrogens with one attached hydrogen (secondary N) is 2. The van der Waals surface area contributed by atoms with Crippen LogP contribution >= 0.6 is 0 Å². The van der Waals surface area contributed by atoms with Crippen LogP contribution in [0.3, 0.4) is 0 Å². The minimum atomic E-state index is -0.403. The number of aliphatic hydroxyl groups is 1. The van der Waals surface area contributed by atoms with Gasteiger partial charge in [-0.1, -0.05) is 30.3 Å². The van der Waals surface area contributed by atoms with E-state index in [2.05, 4.69) is 44.5 Å². The van der Waals surface area contributed by atoms with Gasteiger partial charge in [-0.05, 0) is 32.5 Å². The van der Waals surface area contributed by atoms with Gasteiger partial charge in [0.25, 0.3) is 0 Å². The predicted octanol–water partition coefficient (Wildman–Crippen LogP) is 1.80. The predicted molar refractivity (Wildman–Crippen MR) is 109 cm³/mol. The minimum Gasteiger partial charge on any atom is -0.378 e. The fraction of sp³-hybridized carbons (Fsp3) is 0.571. The first-order valence-corrected chi connectivity index (χ1v) is 9.99. The lowest BCUT2D eigenvalue weighted by Crippen LogP contribution is -2.42. The summed E-state index contributed by atoms with van der Waals surface area (Å²) in [7, 11) is 4.13. The van der Waals surface area contributed by atoms with Gasteiger partial charge >= 0.3 is 0 Å². The van der Waals surface area contributed by atoms with Crippen LogP contribution in [0.25, 0.3) is 0 Å². The number of hydrogen-bond acceptors (Lipinski definition) is 5. The molecule has 0 aliphatic carbocycles. The Labute approximate surface area is 162 Å². The topological polar surface area (TPSA) is 67.4 Å². The van der Waals surface area contributed by atoms with E-state index >= 15 is 0 Å². The highest BCUT2D eigenvalue weighted by molar-refractivity contribution is 5.21. The van der Waals surface area contributed by atoms with E-state index in [1.54, 1.807) is 0 Å². The van der Waals surface area contributed by atoms with E-state index in [4.69, 9.17) is 0 Å². The summed E-state index contributed by atoms with van der Waals surface area (Å²) in [6, 6.07) is 10.2. The van der Waals surface area contributed by atoms with Gasteiger partial charge in [0, 0.05) is 56.8 Å². The Kier molecular flexibility index (Phi) is 7.41. The molecule has 1 fully saturated rings. The van der Waals surface area contributed by atoms with Crippen molar-refractivity contribution in [2.45, 2.75) is 38.0 Å². The fourth-order valence-electron chi connectivity index (χ4n) is 3.90. The zero-order valence-electron chi connectivity index (χ0n) is 16.6. The molecule has 1 aromatic carbocycles. The zero-order valence-corrected chi connectivity index (χ0v) is 16.6. The third-order valence-electron chi connectivity index (χ3n) is 5.54. The van der Waals surface area contributed by atoms with Crippen LogP contribution in [0.2, 0.25) is 0 Å². The molecule has 2 heterocycles. The van der Waals surface area contributed by atoms with Crippen molar-refractivity contribution in [3.05, 3.63) is 53.3 Å². The Hall–Kier alpha value is -1.73. The second kappa shape index (κ2) is 9.99. The van der Waals surface area contributed by atoms with E-state index in [0.717, 1.165) is 45.6 Å². The van der Waals surface area contributed by atoms with Crippen LogP contribution in [0.15, 0.2) is 36.5 Å². The lowest BCUT2D eigenvalue weighted by atomic mass is 9.91. The van der Waals surface area contributed by atoms with Crippen molar-refractivity contribution in [3.63, 3.8) is 0 Å². The van der Waals surface area contributed by atoms with Crippen molar-refractivity contribution in [2.75, 3.05) is 40.3 Å². The highest BCUT2D eigenvalue weighted by atomic mass is 16.3. The molecule has 0 spiro atoms. The number of nitrogens with zero attached hydrogens (tertiary/aromatic N) is 3. The first kappa shape index (κ1) is 20.0. The summed E-state index contributed by atoms with van der Waals surface area (Å²) in [5, 5.41) is 21.4. The molecule has 148 valence electrons. The molecule has 1 saturated heterocycles. The maximum Gasteiger partial charge on any atom is 0.111 e. The van der Waals surface area contributed by atoms with E-state index < -0.39 is 6.23 Å². The van der Waals surface area contributed by atoms with Crippen LogP contribution < -0.4 is 5.32 Å². The summed E-state index contributed by atoms with van der Waals surface area (Å²) < 4.78 is 0. The molecule has 1 unspecified atom stereocenters. The van der Waals surface area contributed by atoms with Crippen LogP contribution in [-0.4, -0.2) is 71.6 Å². The third kappa shape index (κ3) is 5.62. The van der Waals surface area contributed by atoms with Crippen LogP contribution in [0.1, 0.15) is 35.6 Å². The normalized spacial score (nSPS) is 17.5. The molecule has 3 rings (SSSR count). The average molecular weight is 372 g/mol. The van der Waals surface area contributed by atoms with Crippen molar-refractivity contribution in [3.8, 4) is 0 Å². The molecule has 0 radical (unpaired) electrons. The summed E-state index contributed by atoms with van der Waals surface area (Å²) in [6.07, 6.45) is 4.42. The number of likely N-dealkylation sites (tertiary alicyclic amines) is 1. The third-order valence-corrected chi connectivity index (χ3v) is 5.54. The number of aromatic nitrogens is 2. The number of H-pyrrole nitrogens is 1. The van der Waals surface area contributed by atoms with Crippen LogP contribution in [0.5, 0.6) is 0 Å². The zero-order chi connectivity index (χ0) is 19.1. The highest BCUT2D eigenvalue weighted by Crippen LogP contribution is 2.30. The smallest absolute Gasteiger partial charge is 0.111 e. The summed E-state index contributed by atoms with van der Waals surface area (Å²) in [5.74, 6) is 0.476. The van der Waals surface area contributed by atoms with Gasteiger partial charge in [-0.25, -0.2) is 0 Å². The molecule has 3 N–H and O–H groups in total. The van der Waals surface area contributed by atoms with E-state index in [-0.39, 0.29) is 0 Å². The van der Waals surface area contributed by atoms with E-state index in [0.29, 0.717) is 12.3 Å². The summed E-state index contributed by atoms with van der Waals surface area (Å²) in [6.45, 7) is 4.76. The summed E-state index contributed by atoms with van der Waals surface area (Å²) in [5.41, 5.74) is 3.70. The molecule has 2 aromatic rings. The van der Waals surface area contributed by atoms with Crippen LogP contribution in [-0.2, 0) is 13.0 Å².